The lowest BCUT2D eigenvalue weighted by Gasteiger charge is -2.16. The first-order chi connectivity index (χ1) is 13.8. The summed E-state index contributed by atoms with van der Waals surface area (Å²) in [4.78, 5) is 26.5. The lowest BCUT2D eigenvalue weighted by atomic mass is 10.1. The Hall–Kier alpha value is -2.93. The van der Waals surface area contributed by atoms with Crippen LogP contribution in [0.4, 0.5) is 5.69 Å². The van der Waals surface area contributed by atoms with E-state index in [9.17, 15) is 9.59 Å². The number of amides is 2. The van der Waals surface area contributed by atoms with Gasteiger partial charge in [-0.3, -0.25) is 14.9 Å². The molecule has 6 nitrogen and oxygen atoms in total. The first-order valence-corrected chi connectivity index (χ1v) is 9.85. The van der Waals surface area contributed by atoms with Gasteiger partial charge in [0.15, 0.2) is 5.11 Å². The molecule has 29 heavy (non-hydrogen) atoms. The minimum Gasteiger partial charge on any atom is -0.493 e. The van der Waals surface area contributed by atoms with Crippen molar-refractivity contribution in [2.24, 2.45) is 5.92 Å². The van der Waals surface area contributed by atoms with Crippen LogP contribution in [0.3, 0.4) is 0 Å². The molecule has 0 aliphatic rings. The van der Waals surface area contributed by atoms with Crippen LogP contribution in [-0.4, -0.2) is 42.5 Å². The molecule has 0 atom stereocenters. The van der Waals surface area contributed by atoms with E-state index in [0.29, 0.717) is 35.1 Å². The number of nitrogens with zero attached hydrogens (tertiary/aromatic N) is 1. The van der Waals surface area contributed by atoms with Crippen molar-refractivity contribution in [3.8, 4) is 5.75 Å². The second kappa shape index (κ2) is 10.6. The zero-order chi connectivity index (χ0) is 21.4. The van der Waals surface area contributed by atoms with Gasteiger partial charge in [-0.2, -0.15) is 0 Å². The predicted octanol–water partition coefficient (Wildman–Crippen LogP) is 3.94. The number of nitrogens with one attached hydrogen (secondary N) is 2. The molecule has 0 aliphatic carbocycles. The van der Waals surface area contributed by atoms with Gasteiger partial charge in [-0.05, 0) is 48.8 Å². The molecule has 0 saturated carbocycles. The summed E-state index contributed by atoms with van der Waals surface area (Å²) in [6, 6.07) is 14.0. The lowest BCUT2D eigenvalue weighted by molar-refractivity contribution is 0.0828. The van der Waals surface area contributed by atoms with Crippen LogP contribution in [0, 0.1) is 5.92 Å². The highest BCUT2D eigenvalue weighted by molar-refractivity contribution is 7.80. The van der Waals surface area contributed by atoms with Crippen LogP contribution in [0.15, 0.2) is 48.5 Å². The number of rotatable bonds is 7. The maximum atomic E-state index is 12.7. The first-order valence-electron chi connectivity index (χ1n) is 9.44. The number of carbonyl (C=O) groups excluding carboxylic acids is 2. The molecule has 0 unspecified atom stereocenters. The zero-order valence-electron chi connectivity index (χ0n) is 17.2. The number of ether oxygens (including phenoxy) is 1. The number of carbonyl (C=O) groups is 2. The molecule has 2 amide bonds. The summed E-state index contributed by atoms with van der Waals surface area (Å²) in [5, 5.41) is 5.69. The number of para-hydroxylation sites is 2. The number of thiocarbonyl (C=S) groups is 1. The van der Waals surface area contributed by atoms with Crippen molar-refractivity contribution in [1.29, 1.82) is 0 Å². The summed E-state index contributed by atoms with van der Waals surface area (Å²) < 4.78 is 5.77. The largest absolute Gasteiger partial charge is 0.493 e. The van der Waals surface area contributed by atoms with Crippen molar-refractivity contribution >= 4 is 34.8 Å². The van der Waals surface area contributed by atoms with E-state index in [1.807, 2.05) is 6.07 Å². The Morgan fingerprint density at radius 1 is 1.03 bits per heavy atom. The second-order valence-corrected chi connectivity index (χ2v) is 7.59. The molecule has 7 heteroatoms. The van der Waals surface area contributed by atoms with Crippen LogP contribution in [0.25, 0.3) is 0 Å². The molecule has 154 valence electrons. The van der Waals surface area contributed by atoms with Crippen LogP contribution in [0.5, 0.6) is 5.75 Å². The quantitative estimate of drug-likeness (QED) is 0.673. The third-order valence-corrected chi connectivity index (χ3v) is 4.33. The zero-order valence-corrected chi connectivity index (χ0v) is 18.0. The summed E-state index contributed by atoms with van der Waals surface area (Å²) in [6.07, 6.45) is 0.895. The lowest BCUT2D eigenvalue weighted by Crippen LogP contribution is -2.35. The minimum atomic E-state index is -0.376. The van der Waals surface area contributed by atoms with E-state index >= 15 is 0 Å². The molecule has 0 saturated heterocycles. The molecule has 2 aromatic carbocycles. The third kappa shape index (κ3) is 6.57. The van der Waals surface area contributed by atoms with E-state index < -0.39 is 0 Å². The van der Waals surface area contributed by atoms with E-state index in [4.69, 9.17) is 17.0 Å². The fourth-order valence-corrected chi connectivity index (χ4v) is 2.73. The second-order valence-electron chi connectivity index (χ2n) is 7.18. The van der Waals surface area contributed by atoms with Crippen molar-refractivity contribution < 1.29 is 14.3 Å². The van der Waals surface area contributed by atoms with Gasteiger partial charge in [0, 0.05) is 14.1 Å². The van der Waals surface area contributed by atoms with Gasteiger partial charge < -0.3 is 15.0 Å². The molecule has 0 radical (unpaired) electrons. The van der Waals surface area contributed by atoms with Crippen molar-refractivity contribution in [1.82, 2.24) is 10.2 Å². The number of hydrogen-bond donors (Lipinski definition) is 2. The molecule has 0 fully saturated rings. The third-order valence-electron chi connectivity index (χ3n) is 4.12. The van der Waals surface area contributed by atoms with Gasteiger partial charge in [-0.15, -0.1) is 0 Å². The Bertz CT molecular complexity index is 881. The molecule has 0 aliphatic heterocycles. The van der Waals surface area contributed by atoms with Crippen molar-refractivity contribution in [2.45, 2.75) is 20.3 Å². The Balaban J connectivity index is 2.07. The fourth-order valence-electron chi connectivity index (χ4n) is 2.53. The molecule has 0 spiro atoms. The van der Waals surface area contributed by atoms with Gasteiger partial charge in [0.1, 0.15) is 5.75 Å². The normalized spacial score (nSPS) is 10.4. The summed E-state index contributed by atoms with van der Waals surface area (Å²) >= 11 is 5.28. The van der Waals surface area contributed by atoms with Gasteiger partial charge in [-0.25, -0.2) is 0 Å². The molecule has 0 heterocycles. The molecular formula is C22H27N3O3S. The van der Waals surface area contributed by atoms with E-state index in [2.05, 4.69) is 24.5 Å². The topological polar surface area (TPSA) is 70.7 Å². The Kier molecular flexibility index (Phi) is 8.15. The van der Waals surface area contributed by atoms with E-state index in [1.54, 1.807) is 56.6 Å². The van der Waals surface area contributed by atoms with Gasteiger partial charge in [0.25, 0.3) is 11.8 Å². The van der Waals surface area contributed by atoms with E-state index in [-0.39, 0.29) is 16.9 Å². The van der Waals surface area contributed by atoms with E-state index in [0.717, 1.165) is 6.42 Å². The maximum Gasteiger partial charge on any atom is 0.261 e. The highest BCUT2D eigenvalue weighted by Crippen LogP contribution is 2.19. The monoisotopic (exact) mass is 413 g/mol. The molecule has 0 aromatic heterocycles. The fraction of sp³-hybridized carbons (Fsp3) is 0.318. The first kappa shape index (κ1) is 22.4. The summed E-state index contributed by atoms with van der Waals surface area (Å²) in [5.74, 6) is 0.486. The predicted molar refractivity (Wildman–Crippen MR) is 120 cm³/mol. The van der Waals surface area contributed by atoms with Gasteiger partial charge in [-0.1, -0.05) is 38.1 Å². The molecular weight excluding hydrogens is 386 g/mol. The van der Waals surface area contributed by atoms with Crippen molar-refractivity contribution in [3.05, 3.63) is 59.7 Å². The highest BCUT2D eigenvalue weighted by atomic mass is 32.1. The van der Waals surface area contributed by atoms with Crippen LogP contribution in [0.1, 0.15) is 41.0 Å². The highest BCUT2D eigenvalue weighted by Gasteiger charge is 2.16. The maximum absolute atomic E-state index is 12.7. The smallest absolute Gasteiger partial charge is 0.261 e. The number of anilines is 1. The van der Waals surface area contributed by atoms with Gasteiger partial charge in [0.05, 0.1) is 23.4 Å². The van der Waals surface area contributed by atoms with E-state index in [1.165, 1.54) is 4.90 Å². The molecule has 2 N–H and O–H groups in total. The average molecular weight is 414 g/mol. The Morgan fingerprint density at radius 2 is 1.66 bits per heavy atom. The van der Waals surface area contributed by atoms with Crippen LogP contribution in [0.2, 0.25) is 0 Å². The summed E-state index contributed by atoms with van der Waals surface area (Å²) in [5.41, 5.74) is 1.39. The van der Waals surface area contributed by atoms with Crippen LogP contribution in [-0.2, 0) is 0 Å². The van der Waals surface area contributed by atoms with Crippen LogP contribution >= 0.6 is 12.2 Å². The SMILES string of the molecule is CC(C)CCOc1ccccc1C(=O)NC(=S)Nc1ccccc1C(=O)N(C)C. The molecule has 2 aromatic rings. The van der Waals surface area contributed by atoms with Gasteiger partial charge in [0.2, 0.25) is 0 Å². The summed E-state index contributed by atoms with van der Waals surface area (Å²) in [7, 11) is 3.35. The molecule has 2 rings (SSSR count). The van der Waals surface area contributed by atoms with Crippen molar-refractivity contribution in [2.75, 3.05) is 26.0 Å². The standard InChI is InChI=1S/C22H27N3O3S/c1-15(2)13-14-28-19-12-8-6-10-17(19)20(26)24-22(29)23-18-11-7-5-9-16(18)21(27)25(3)4/h5-12,15H,13-14H2,1-4H3,(H2,23,24,26,29). The summed E-state index contributed by atoms with van der Waals surface area (Å²) in [6.45, 7) is 4.76. The Labute approximate surface area is 177 Å². The number of hydrogen-bond acceptors (Lipinski definition) is 4. The average Bonchev–Trinajstić information content (AvgIpc) is 2.67. The van der Waals surface area contributed by atoms with Crippen molar-refractivity contribution in [3.63, 3.8) is 0 Å². The van der Waals surface area contributed by atoms with Gasteiger partial charge >= 0.3 is 0 Å². The van der Waals surface area contributed by atoms with Crippen LogP contribution < -0.4 is 15.4 Å². The Morgan fingerprint density at radius 3 is 2.31 bits per heavy atom. The molecule has 0 bridgehead atoms. The number of benzene rings is 2. The minimum absolute atomic E-state index is 0.103.